The highest BCUT2D eigenvalue weighted by molar-refractivity contribution is 7.92. The van der Waals surface area contributed by atoms with E-state index in [1.54, 1.807) is 18.2 Å². The number of amides is 1. The summed E-state index contributed by atoms with van der Waals surface area (Å²) in [7, 11) is -0.899. The van der Waals surface area contributed by atoms with Crippen molar-refractivity contribution < 1.29 is 41.0 Å². The minimum Gasteiger partial charge on any atom is -0.487 e. The molecule has 0 radical (unpaired) electrons. The van der Waals surface area contributed by atoms with E-state index in [9.17, 15) is 22.4 Å². The Hall–Kier alpha value is -4.58. The maximum absolute atomic E-state index is 13.6. The zero-order valence-electron chi connectivity index (χ0n) is 24.3. The molecule has 1 N–H and O–H groups in total. The van der Waals surface area contributed by atoms with Gasteiger partial charge in [-0.25, -0.2) is 17.6 Å². The fourth-order valence-electron chi connectivity index (χ4n) is 4.87. The van der Waals surface area contributed by atoms with Gasteiger partial charge in [0.1, 0.15) is 40.8 Å². The van der Waals surface area contributed by atoms with Crippen molar-refractivity contribution in [1.82, 2.24) is 5.32 Å². The lowest BCUT2D eigenvalue weighted by Gasteiger charge is -2.36. The molecule has 0 spiro atoms. The number of cyclic esters (lactones) is 1. The number of anilines is 1. The van der Waals surface area contributed by atoms with Crippen LogP contribution in [0.1, 0.15) is 53.0 Å². The molecule has 0 unspecified atom stereocenters. The minimum absolute atomic E-state index is 0.0542. The molecule has 2 heterocycles. The van der Waals surface area contributed by atoms with Gasteiger partial charge in [0, 0.05) is 44.0 Å². The number of hydrogen-bond donors (Lipinski definition) is 1. The number of carbonyl (C=O) groups excluding carboxylic acids is 2. The number of furan rings is 1. The lowest BCUT2D eigenvalue weighted by molar-refractivity contribution is -0.158. The first-order chi connectivity index (χ1) is 20.4. The van der Waals surface area contributed by atoms with Crippen molar-refractivity contribution >= 4 is 38.6 Å². The number of sulfonamides is 1. The molecule has 226 valence electrons. The summed E-state index contributed by atoms with van der Waals surface area (Å²) in [6.07, 6.45) is 2.03. The minimum atomic E-state index is -3.73. The Morgan fingerprint density at radius 1 is 1.05 bits per heavy atom. The summed E-state index contributed by atoms with van der Waals surface area (Å²) in [5, 5.41) is 2.95. The van der Waals surface area contributed by atoms with Gasteiger partial charge in [-0.2, -0.15) is 0 Å². The quantitative estimate of drug-likeness (QED) is 0.242. The average molecular weight is 611 g/mol. The van der Waals surface area contributed by atoms with Crippen LogP contribution in [0, 0.1) is 5.82 Å². The third-order valence-electron chi connectivity index (χ3n) is 7.48. The molecule has 0 aliphatic carbocycles. The largest absolute Gasteiger partial charge is 0.487 e. The normalized spacial score (nSPS) is 14.0. The van der Waals surface area contributed by atoms with Gasteiger partial charge < -0.3 is 23.9 Å². The van der Waals surface area contributed by atoms with Crippen LogP contribution in [0.15, 0.2) is 59.0 Å². The van der Waals surface area contributed by atoms with Crippen LogP contribution in [0.4, 0.5) is 10.1 Å². The first kappa shape index (κ1) is 29.9. The van der Waals surface area contributed by atoms with Crippen molar-refractivity contribution in [2.75, 3.05) is 24.7 Å². The van der Waals surface area contributed by atoms with Gasteiger partial charge in [-0.15, -0.1) is 0 Å². The molecule has 5 rings (SSSR count). The summed E-state index contributed by atoms with van der Waals surface area (Å²) in [5.74, 6) is -1.70. The van der Waals surface area contributed by atoms with E-state index in [2.05, 4.69) is 5.32 Å². The van der Waals surface area contributed by atoms with Gasteiger partial charge in [-0.1, -0.05) is 19.9 Å². The number of nitrogens with one attached hydrogen (secondary N) is 1. The van der Waals surface area contributed by atoms with E-state index < -0.39 is 33.5 Å². The Morgan fingerprint density at radius 2 is 1.74 bits per heavy atom. The Labute approximate surface area is 248 Å². The molecule has 43 heavy (non-hydrogen) atoms. The van der Waals surface area contributed by atoms with Gasteiger partial charge in [0.25, 0.3) is 11.7 Å². The molecule has 1 amide bonds. The van der Waals surface area contributed by atoms with Gasteiger partial charge in [-0.05, 0) is 48.0 Å². The fraction of sp³-hybridized carbons (Fsp3) is 0.290. The number of halogens is 1. The molecule has 1 aromatic heterocycles. The number of carbonyl (C=O) groups is 2. The zero-order chi connectivity index (χ0) is 31.1. The van der Waals surface area contributed by atoms with Crippen molar-refractivity contribution in [3.05, 3.63) is 77.1 Å². The summed E-state index contributed by atoms with van der Waals surface area (Å²) < 4.78 is 63.6. The molecule has 0 saturated carbocycles. The van der Waals surface area contributed by atoms with Crippen LogP contribution in [0.2, 0.25) is 0 Å². The van der Waals surface area contributed by atoms with Gasteiger partial charge in [0.2, 0.25) is 10.0 Å². The van der Waals surface area contributed by atoms with Crippen molar-refractivity contribution in [2.45, 2.75) is 39.1 Å². The second-order valence-electron chi connectivity index (χ2n) is 10.2. The third kappa shape index (κ3) is 5.62. The number of nitrogens with zero attached hydrogens (tertiary/aromatic N) is 1. The molecule has 3 aromatic carbocycles. The summed E-state index contributed by atoms with van der Waals surface area (Å²) in [5.41, 5.74) is 1.86. The second kappa shape index (κ2) is 11.3. The molecule has 0 fully saturated rings. The molecule has 0 atom stereocenters. The lowest BCUT2D eigenvalue weighted by Crippen LogP contribution is -2.43. The molecule has 4 aromatic rings. The second-order valence-corrected chi connectivity index (χ2v) is 12.2. The summed E-state index contributed by atoms with van der Waals surface area (Å²) in [4.78, 5) is 25.9. The van der Waals surface area contributed by atoms with E-state index in [-0.39, 0.29) is 40.5 Å². The maximum atomic E-state index is 13.6. The number of hydrogen-bond acceptors (Lipinski definition) is 8. The third-order valence-corrected chi connectivity index (χ3v) is 8.67. The number of ether oxygens (including phenoxy) is 3. The van der Waals surface area contributed by atoms with E-state index in [4.69, 9.17) is 18.6 Å². The number of rotatable bonds is 9. The highest BCUT2D eigenvalue weighted by Crippen LogP contribution is 2.41. The maximum Gasteiger partial charge on any atom is 0.345 e. The molecule has 0 saturated heterocycles. The average Bonchev–Trinajstić information content (AvgIpc) is 3.37. The van der Waals surface area contributed by atoms with Crippen LogP contribution in [0.5, 0.6) is 11.5 Å². The number of esters is 1. The van der Waals surface area contributed by atoms with Crippen molar-refractivity contribution in [3.8, 4) is 22.8 Å². The Balaban J connectivity index is 1.58. The fourth-order valence-corrected chi connectivity index (χ4v) is 5.37. The van der Waals surface area contributed by atoms with Crippen molar-refractivity contribution in [2.24, 2.45) is 0 Å². The van der Waals surface area contributed by atoms with E-state index in [1.807, 2.05) is 13.8 Å². The summed E-state index contributed by atoms with van der Waals surface area (Å²) in [6, 6.07) is 13.5. The molecule has 1 aliphatic heterocycles. The molecular formula is C31H31FN2O8S. The number of fused-ring (bicyclic) bond motifs is 2. The van der Waals surface area contributed by atoms with Crippen molar-refractivity contribution in [1.29, 1.82) is 0 Å². The Kier molecular flexibility index (Phi) is 7.82. The Bertz CT molecular complexity index is 1830. The SMILES string of the molecule is CCC1(CC)OC(=O)c2cc(COc3cc4c(C(=O)NC)c(-c5ccc(F)cc5)oc4cc3N(C)S(C)(=O)=O)ccc2O1. The smallest absolute Gasteiger partial charge is 0.345 e. The van der Waals surface area contributed by atoms with E-state index in [0.717, 1.165) is 10.6 Å². The molecule has 1 aliphatic rings. The highest BCUT2D eigenvalue weighted by Gasteiger charge is 2.39. The predicted octanol–water partition coefficient (Wildman–Crippen LogP) is 5.64. The zero-order valence-corrected chi connectivity index (χ0v) is 25.1. The summed E-state index contributed by atoms with van der Waals surface area (Å²) >= 11 is 0. The van der Waals surface area contributed by atoms with Crippen LogP contribution in [0.25, 0.3) is 22.3 Å². The lowest BCUT2D eigenvalue weighted by atomic mass is 10.0. The number of benzene rings is 3. The van der Waals surface area contributed by atoms with Crippen LogP contribution in [0.3, 0.4) is 0 Å². The Morgan fingerprint density at radius 3 is 2.37 bits per heavy atom. The predicted molar refractivity (Wildman–Crippen MR) is 158 cm³/mol. The van der Waals surface area contributed by atoms with E-state index in [1.165, 1.54) is 50.5 Å². The van der Waals surface area contributed by atoms with Crippen LogP contribution >= 0.6 is 0 Å². The highest BCUT2D eigenvalue weighted by atomic mass is 32.2. The van der Waals surface area contributed by atoms with E-state index in [0.29, 0.717) is 35.1 Å². The molecule has 10 nitrogen and oxygen atoms in total. The van der Waals surface area contributed by atoms with Gasteiger partial charge in [0.05, 0.1) is 17.5 Å². The van der Waals surface area contributed by atoms with E-state index >= 15 is 0 Å². The standard InChI is InChI=1S/C31H31FN2O8S/c1-6-31(7-2)41-24-13-8-18(14-22(24)30(36)42-31)17-39-26-15-21-25(16-23(26)34(4)43(5,37)38)40-28(27(21)29(35)33-3)19-9-11-20(32)12-10-19/h8-16H,6-7,17H2,1-5H3,(H,33,35). The monoisotopic (exact) mass is 610 g/mol. The van der Waals surface area contributed by atoms with Crippen LogP contribution in [-0.4, -0.2) is 46.4 Å². The topological polar surface area (TPSA) is 124 Å². The van der Waals surface area contributed by atoms with Crippen LogP contribution in [-0.2, 0) is 21.4 Å². The first-order valence-corrected chi connectivity index (χ1v) is 15.4. The van der Waals surface area contributed by atoms with Gasteiger partial charge in [-0.3, -0.25) is 9.10 Å². The summed E-state index contributed by atoms with van der Waals surface area (Å²) in [6.45, 7) is 3.70. The molecule has 0 bridgehead atoms. The molecule has 12 heteroatoms. The van der Waals surface area contributed by atoms with Gasteiger partial charge >= 0.3 is 5.97 Å². The van der Waals surface area contributed by atoms with Crippen molar-refractivity contribution in [3.63, 3.8) is 0 Å². The van der Waals surface area contributed by atoms with Crippen LogP contribution < -0.4 is 19.1 Å². The van der Waals surface area contributed by atoms with Gasteiger partial charge in [0.15, 0.2) is 0 Å². The molecular weight excluding hydrogens is 579 g/mol. The first-order valence-electron chi connectivity index (χ1n) is 13.6.